The Bertz CT molecular complexity index is 593. The fourth-order valence-corrected chi connectivity index (χ4v) is 1.80. The first-order chi connectivity index (χ1) is 9.10. The summed E-state index contributed by atoms with van der Waals surface area (Å²) in [4.78, 5) is 10.7. The fourth-order valence-electron chi connectivity index (χ4n) is 1.80. The average Bonchev–Trinajstić information content (AvgIpc) is 2.71. The fraction of sp³-hybridized carbons (Fsp3) is 0.231. The van der Waals surface area contributed by atoms with Gasteiger partial charge in [0.25, 0.3) is 0 Å². The van der Waals surface area contributed by atoms with Crippen LogP contribution < -0.4 is 10.5 Å². The standard InChI is InChI=1S/C13H15N3O3/c1-19-11-4-2-3-9(5-11)8-16-13(14)10(7-15-16)6-12(17)18/h2-5,7H,6,8,14H2,1H3,(H,17,18). The van der Waals surface area contributed by atoms with E-state index >= 15 is 0 Å². The number of aromatic nitrogens is 2. The van der Waals surface area contributed by atoms with E-state index in [4.69, 9.17) is 15.6 Å². The molecule has 0 unspecified atom stereocenters. The number of methoxy groups -OCH3 is 1. The van der Waals surface area contributed by atoms with E-state index in [0.29, 0.717) is 17.9 Å². The molecule has 0 atom stereocenters. The monoisotopic (exact) mass is 261 g/mol. The van der Waals surface area contributed by atoms with E-state index < -0.39 is 5.97 Å². The van der Waals surface area contributed by atoms with Crippen LogP contribution in [-0.4, -0.2) is 28.0 Å². The summed E-state index contributed by atoms with van der Waals surface area (Å²) in [6.45, 7) is 0.475. The van der Waals surface area contributed by atoms with Crippen LogP contribution in [0.15, 0.2) is 30.5 Å². The minimum absolute atomic E-state index is 0.121. The van der Waals surface area contributed by atoms with Gasteiger partial charge in [0, 0.05) is 5.56 Å². The highest BCUT2D eigenvalue weighted by Gasteiger charge is 2.11. The van der Waals surface area contributed by atoms with E-state index in [2.05, 4.69) is 5.10 Å². The van der Waals surface area contributed by atoms with Crippen molar-refractivity contribution in [2.75, 3.05) is 12.8 Å². The van der Waals surface area contributed by atoms with E-state index in [9.17, 15) is 4.79 Å². The zero-order chi connectivity index (χ0) is 13.8. The van der Waals surface area contributed by atoms with Crippen molar-refractivity contribution in [3.63, 3.8) is 0 Å². The number of nitrogen functional groups attached to an aromatic ring is 1. The Kier molecular flexibility index (Phi) is 3.70. The Morgan fingerprint density at radius 1 is 1.53 bits per heavy atom. The van der Waals surface area contributed by atoms with Gasteiger partial charge in [-0.15, -0.1) is 0 Å². The molecule has 0 bridgehead atoms. The summed E-state index contributed by atoms with van der Waals surface area (Å²) in [6.07, 6.45) is 1.37. The molecule has 0 saturated heterocycles. The number of anilines is 1. The van der Waals surface area contributed by atoms with Crippen LogP contribution in [-0.2, 0) is 17.8 Å². The normalized spacial score (nSPS) is 10.4. The van der Waals surface area contributed by atoms with Crippen LogP contribution in [0.2, 0.25) is 0 Å². The highest BCUT2D eigenvalue weighted by Crippen LogP contribution is 2.17. The molecule has 6 heteroatoms. The number of nitrogens with zero attached hydrogens (tertiary/aromatic N) is 2. The van der Waals surface area contributed by atoms with Crippen LogP contribution in [0.4, 0.5) is 5.82 Å². The lowest BCUT2D eigenvalue weighted by atomic mass is 10.2. The lowest BCUT2D eigenvalue weighted by Crippen LogP contribution is -2.08. The Labute approximate surface area is 110 Å². The molecule has 6 nitrogen and oxygen atoms in total. The van der Waals surface area contributed by atoms with Gasteiger partial charge in [-0.1, -0.05) is 12.1 Å². The van der Waals surface area contributed by atoms with E-state index in [1.165, 1.54) is 6.20 Å². The first-order valence-corrected chi connectivity index (χ1v) is 5.75. The lowest BCUT2D eigenvalue weighted by molar-refractivity contribution is -0.136. The maximum Gasteiger partial charge on any atom is 0.308 e. The Morgan fingerprint density at radius 3 is 3.00 bits per heavy atom. The van der Waals surface area contributed by atoms with Crippen molar-refractivity contribution < 1.29 is 14.6 Å². The van der Waals surface area contributed by atoms with Crippen molar-refractivity contribution >= 4 is 11.8 Å². The highest BCUT2D eigenvalue weighted by molar-refractivity contribution is 5.72. The molecule has 100 valence electrons. The van der Waals surface area contributed by atoms with E-state index in [-0.39, 0.29) is 6.42 Å². The van der Waals surface area contributed by atoms with Gasteiger partial charge in [0.15, 0.2) is 0 Å². The van der Waals surface area contributed by atoms with Crippen LogP contribution in [0.1, 0.15) is 11.1 Å². The van der Waals surface area contributed by atoms with Gasteiger partial charge in [0.1, 0.15) is 11.6 Å². The van der Waals surface area contributed by atoms with Crippen molar-refractivity contribution in [1.82, 2.24) is 9.78 Å². The molecule has 1 aromatic carbocycles. The van der Waals surface area contributed by atoms with Crippen LogP contribution in [0.3, 0.4) is 0 Å². The van der Waals surface area contributed by atoms with Crippen LogP contribution in [0, 0.1) is 0 Å². The highest BCUT2D eigenvalue weighted by atomic mass is 16.5. The zero-order valence-corrected chi connectivity index (χ0v) is 10.5. The number of carboxylic acid groups (broad SMARTS) is 1. The molecule has 2 rings (SSSR count). The van der Waals surface area contributed by atoms with Crippen molar-refractivity contribution in [2.45, 2.75) is 13.0 Å². The second-order valence-corrected chi connectivity index (χ2v) is 4.13. The molecule has 1 aromatic heterocycles. The number of hydrogen-bond acceptors (Lipinski definition) is 4. The summed E-state index contributed by atoms with van der Waals surface area (Å²) in [7, 11) is 1.60. The van der Waals surface area contributed by atoms with Gasteiger partial charge in [-0.3, -0.25) is 4.79 Å². The smallest absolute Gasteiger partial charge is 0.308 e. The van der Waals surface area contributed by atoms with Crippen LogP contribution in [0.25, 0.3) is 0 Å². The first-order valence-electron chi connectivity index (χ1n) is 5.75. The largest absolute Gasteiger partial charge is 0.497 e. The number of carbonyl (C=O) groups is 1. The predicted molar refractivity (Wildman–Crippen MR) is 70.1 cm³/mol. The third-order valence-electron chi connectivity index (χ3n) is 2.77. The number of nitrogens with two attached hydrogens (primary N) is 1. The molecule has 2 aromatic rings. The molecule has 0 aliphatic heterocycles. The summed E-state index contributed by atoms with van der Waals surface area (Å²) >= 11 is 0. The number of benzene rings is 1. The second kappa shape index (κ2) is 5.43. The van der Waals surface area contributed by atoms with Gasteiger partial charge in [-0.25, -0.2) is 4.68 Å². The average molecular weight is 261 g/mol. The predicted octanol–water partition coefficient (Wildman–Crippen LogP) is 1.15. The maximum absolute atomic E-state index is 10.7. The SMILES string of the molecule is COc1cccc(Cn2ncc(CC(=O)O)c2N)c1. The van der Waals surface area contributed by atoms with Crippen molar-refractivity contribution in [2.24, 2.45) is 0 Å². The molecule has 0 aliphatic rings. The minimum Gasteiger partial charge on any atom is -0.497 e. The number of aliphatic carboxylic acids is 1. The third kappa shape index (κ3) is 3.04. The van der Waals surface area contributed by atoms with Crippen LogP contribution in [0.5, 0.6) is 5.75 Å². The Balaban J connectivity index is 2.19. The molecule has 0 aliphatic carbocycles. The molecule has 0 spiro atoms. The minimum atomic E-state index is -0.923. The number of ether oxygens (including phenoxy) is 1. The molecule has 0 fully saturated rings. The number of rotatable bonds is 5. The summed E-state index contributed by atoms with van der Waals surface area (Å²) < 4.78 is 6.72. The van der Waals surface area contributed by atoms with E-state index in [1.807, 2.05) is 24.3 Å². The first kappa shape index (κ1) is 12.9. The van der Waals surface area contributed by atoms with Crippen molar-refractivity contribution in [1.29, 1.82) is 0 Å². The molecule has 0 saturated carbocycles. The van der Waals surface area contributed by atoms with Crippen LogP contribution >= 0.6 is 0 Å². The van der Waals surface area contributed by atoms with Gasteiger partial charge in [0.2, 0.25) is 0 Å². The summed E-state index contributed by atoms with van der Waals surface area (Å²) in [5.41, 5.74) is 7.38. The van der Waals surface area contributed by atoms with Gasteiger partial charge < -0.3 is 15.6 Å². The number of hydrogen-bond donors (Lipinski definition) is 2. The molecule has 0 amide bonds. The van der Waals surface area contributed by atoms with Gasteiger partial charge in [-0.05, 0) is 17.7 Å². The van der Waals surface area contributed by atoms with Crippen molar-refractivity contribution in [3.05, 3.63) is 41.6 Å². The number of carboxylic acids is 1. The van der Waals surface area contributed by atoms with E-state index in [1.54, 1.807) is 11.8 Å². The summed E-state index contributed by atoms with van der Waals surface area (Å²) in [5, 5.41) is 12.9. The molecular formula is C13H15N3O3. The van der Waals surface area contributed by atoms with Gasteiger partial charge in [0.05, 0.1) is 26.3 Å². The molecule has 19 heavy (non-hydrogen) atoms. The Hall–Kier alpha value is -2.50. The topological polar surface area (TPSA) is 90.4 Å². The molecule has 3 N–H and O–H groups in total. The van der Waals surface area contributed by atoms with Crippen molar-refractivity contribution in [3.8, 4) is 5.75 Å². The summed E-state index contributed by atoms with van der Waals surface area (Å²) in [6, 6.07) is 7.55. The second-order valence-electron chi connectivity index (χ2n) is 4.13. The molecule has 1 heterocycles. The van der Waals surface area contributed by atoms with Gasteiger partial charge >= 0.3 is 5.97 Å². The molecule has 0 radical (unpaired) electrons. The third-order valence-corrected chi connectivity index (χ3v) is 2.77. The quantitative estimate of drug-likeness (QED) is 0.842. The summed E-state index contributed by atoms with van der Waals surface area (Å²) in [5.74, 6) is 0.215. The Morgan fingerprint density at radius 2 is 2.32 bits per heavy atom. The molecular weight excluding hydrogens is 246 g/mol. The van der Waals surface area contributed by atoms with E-state index in [0.717, 1.165) is 11.3 Å². The lowest BCUT2D eigenvalue weighted by Gasteiger charge is -2.07. The zero-order valence-electron chi connectivity index (χ0n) is 10.5. The van der Waals surface area contributed by atoms with Gasteiger partial charge in [-0.2, -0.15) is 5.10 Å². The maximum atomic E-state index is 10.7.